The molecule has 0 amide bonds. The van der Waals surface area contributed by atoms with Crippen LogP contribution in [0.25, 0.3) is 0 Å². The van der Waals surface area contributed by atoms with Crippen LogP contribution in [-0.2, 0) is 11.2 Å². The molecule has 1 aromatic rings. The molecule has 3 heteroatoms. The Morgan fingerprint density at radius 1 is 1.42 bits per heavy atom. The van der Waals surface area contributed by atoms with Crippen molar-refractivity contribution in [1.82, 2.24) is 0 Å². The van der Waals surface area contributed by atoms with Gasteiger partial charge >= 0.3 is 0 Å². The number of nitrogens with two attached hydrogens (primary N) is 1. The van der Waals surface area contributed by atoms with Crippen LogP contribution in [0.3, 0.4) is 0 Å². The van der Waals surface area contributed by atoms with E-state index in [2.05, 4.69) is 19.1 Å². The van der Waals surface area contributed by atoms with E-state index >= 15 is 0 Å². The molecule has 2 fully saturated rings. The van der Waals surface area contributed by atoms with Gasteiger partial charge < -0.3 is 10.5 Å². The third kappa shape index (κ3) is 2.54. The first-order valence-corrected chi connectivity index (χ1v) is 7.59. The molecule has 0 bridgehead atoms. The Balaban J connectivity index is 1.85. The average Bonchev–Trinajstić information content (AvgIpc) is 3.15. The number of ether oxygens (including phenoxy) is 1. The molecule has 1 saturated heterocycles. The van der Waals surface area contributed by atoms with Gasteiger partial charge in [0.1, 0.15) is 0 Å². The monoisotopic (exact) mass is 279 g/mol. The van der Waals surface area contributed by atoms with Gasteiger partial charge in [-0.3, -0.25) is 0 Å². The molecule has 3 rings (SSSR count). The molecule has 1 saturated carbocycles. The van der Waals surface area contributed by atoms with E-state index < -0.39 is 0 Å². The second kappa shape index (κ2) is 5.08. The smallest absolute Gasteiger partial charge is 0.0675 e. The van der Waals surface area contributed by atoms with Crippen molar-refractivity contribution in [2.45, 2.75) is 38.7 Å². The van der Waals surface area contributed by atoms with Crippen LogP contribution in [-0.4, -0.2) is 19.3 Å². The average molecular weight is 280 g/mol. The number of hydrogen-bond acceptors (Lipinski definition) is 2. The second-order valence-electron chi connectivity index (χ2n) is 6.22. The molecule has 2 unspecified atom stereocenters. The normalized spacial score (nSPS) is 30.8. The quantitative estimate of drug-likeness (QED) is 0.917. The summed E-state index contributed by atoms with van der Waals surface area (Å²) in [6, 6.07) is 6.33. The first-order valence-electron chi connectivity index (χ1n) is 7.21. The van der Waals surface area contributed by atoms with E-state index in [-0.39, 0.29) is 5.41 Å². The Kier molecular flexibility index (Phi) is 3.59. The molecular weight excluding hydrogens is 258 g/mol. The van der Waals surface area contributed by atoms with Gasteiger partial charge in [0, 0.05) is 23.6 Å². The predicted molar refractivity (Wildman–Crippen MR) is 78.5 cm³/mol. The van der Waals surface area contributed by atoms with Crippen molar-refractivity contribution in [2.24, 2.45) is 17.1 Å². The lowest BCUT2D eigenvalue weighted by Gasteiger charge is -2.33. The molecule has 1 aliphatic carbocycles. The summed E-state index contributed by atoms with van der Waals surface area (Å²) in [6.45, 7) is 3.61. The first-order chi connectivity index (χ1) is 9.14. The topological polar surface area (TPSA) is 35.2 Å². The summed E-state index contributed by atoms with van der Waals surface area (Å²) >= 11 is 6.39. The molecule has 2 nitrogen and oxygen atoms in total. The van der Waals surface area contributed by atoms with Gasteiger partial charge in [0.25, 0.3) is 0 Å². The van der Waals surface area contributed by atoms with Gasteiger partial charge in [-0.15, -0.1) is 0 Å². The molecule has 2 N–H and O–H groups in total. The Labute approximate surface area is 120 Å². The molecule has 0 radical (unpaired) electrons. The minimum atomic E-state index is 0.0973. The van der Waals surface area contributed by atoms with Crippen LogP contribution in [0.5, 0.6) is 0 Å². The maximum absolute atomic E-state index is 6.39. The van der Waals surface area contributed by atoms with E-state index in [1.807, 2.05) is 6.07 Å². The van der Waals surface area contributed by atoms with Crippen LogP contribution in [0.1, 0.15) is 30.4 Å². The fraction of sp³-hybridized carbons (Fsp3) is 0.625. The molecule has 0 spiro atoms. The number of hydrogen-bond donors (Lipinski definition) is 1. The van der Waals surface area contributed by atoms with E-state index in [0.717, 1.165) is 30.4 Å². The van der Waals surface area contributed by atoms with Crippen molar-refractivity contribution in [3.8, 4) is 0 Å². The SMILES string of the molecule is Cc1ccc(CC2(CN)CCOC2C2CC2)c(Cl)c1. The summed E-state index contributed by atoms with van der Waals surface area (Å²) in [7, 11) is 0. The molecular formula is C16H22ClNO. The van der Waals surface area contributed by atoms with E-state index in [9.17, 15) is 0 Å². The van der Waals surface area contributed by atoms with Crippen LogP contribution < -0.4 is 5.73 Å². The zero-order valence-electron chi connectivity index (χ0n) is 11.5. The van der Waals surface area contributed by atoms with E-state index in [1.54, 1.807) is 0 Å². The summed E-state index contributed by atoms with van der Waals surface area (Å²) in [5.41, 5.74) is 8.65. The van der Waals surface area contributed by atoms with Crippen LogP contribution >= 0.6 is 11.6 Å². The highest BCUT2D eigenvalue weighted by Gasteiger charge is 2.50. The lowest BCUT2D eigenvalue weighted by Crippen LogP contribution is -2.41. The van der Waals surface area contributed by atoms with E-state index in [4.69, 9.17) is 22.1 Å². The van der Waals surface area contributed by atoms with Crippen LogP contribution in [0.15, 0.2) is 18.2 Å². The van der Waals surface area contributed by atoms with Crippen molar-refractivity contribution in [1.29, 1.82) is 0 Å². The Hall–Kier alpha value is -0.570. The van der Waals surface area contributed by atoms with Gasteiger partial charge in [-0.25, -0.2) is 0 Å². The zero-order chi connectivity index (χ0) is 13.5. The van der Waals surface area contributed by atoms with Crippen molar-refractivity contribution in [2.75, 3.05) is 13.2 Å². The van der Waals surface area contributed by atoms with Gasteiger partial charge in [0.15, 0.2) is 0 Å². The summed E-state index contributed by atoms with van der Waals surface area (Å²) in [5, 5.41) is 0.870. The van der Waals surface area contributed by atoms with Crippen molar-refractivity contribution in [3.05, 3.63) is 34.3 Å². The standard InChI is InChI=1S/C16H22ClNO/c1-11-2-3-13(14(17)8-11)9-16(10-18)6-7-19-15(16)12-4-5-12/h2-3,8,12,15H,4-7,9-10,18H2,1H3. The third-order valence-corrected chi connectivity index (χ3v) is 5.06. The van der Waals surface area contributed by atoms with Crippen LogP contribution in [0.2, 0.25) is 5.02 Å². The van der Waals surface area contributed by atoms with Crippen LogP contribution in [0.4, 0.5) is 0 Å². The predicted octanol–water partition coefficient (Wildman–Crippen LogP) is 3.33. The Morgan fingerprint density at radius 3 is 2.84 bits per heavy atom. The van der Waals surface area contributed by atoms with Crippen molar-refractivity contribution < 1.29 is 4.74 Å². The lowest BCUT2D eigenvalue weighted by molar-refractivity contribution is 0.0345. The molecule has 2 aliphatic rings. The van der Waals surface area contributed by atoms with E-state index in [0.29, 0.717) is 12.6 Å². The molecule has 1 aliphatic heterocycles. The molecule has 19 heavy (non-hydrogen) atoms. The maximum Gasteiger partial charge on any atom is 0.0675 e. The van der Waals surface area contributed by atoms with Crippen molar-refractivity contribution >= 4 is 11.6 Å². The van der Waals surface area contributed by atoms with Gasteiger partial charge in [-0.1, -0.05) is 23.7 Å². The number of aryl methyl sites for hydroxylation is 1. The molecule has 0 aromatic heterocycles. The van der Waals surface area contributed by atoms with Gasteiger partial charge in [0.2, 0.25) is 0 Å². The second-order valence-corrected chi connectivity index (χ2v) is 6.62. The van der Waals surface area contributed by atoms with Crippen LogP contribution in [0, 0.1) is 18.3 Å². The number of benzene rings is 1. The summed E-state index contributed by atoms with van der Waals surface area (Å²) in [5.74, 6) is 0.732. The van der Waals surface area contributed by atoms with Crippen molar-refractivity contribution in [3.63, 3.8) is 0 Å². The first kappa shape index (κ1) is 13.4. The highest BCUT2D eigenvalue weighted by Crippen LogP contribution is 2.49. The highest BCUT2D eigenvalue weighted by molar-refractivity contribution is 6.31. The molecule has 1 heterocycles. The van der Waals surface area contributed by atoms with E-state index in [1.165, 1.54) is 24.0 Å². The Morgan fingerprint density at radius 2 is 2.21 bits per heavy atom. The lowest BCUT2D eigenvalue weighted by atomic mass is 9.74. The molecule has 1 aromatic carbocycles. The van der Waals surface area contributed by atoms with Gasteiger partial charge in [-0.2, -0.15) is 0 Å². The fourth-order valence-electron chi connectivity index (χ4n) is 3.40. The third-order valence-electron chi connectivity index (χ3n) is 4.71. The number of rotatable bonds is 4. The summed E-state index contributed by atoms with van der Waals surface area (Å²) in [4.78, 5) is 0. The number of halogens is 1. The maximum atomic E-state index is 6.39. The summed E-state index contributed by atoms with van der Waals surface area (Å²) in [6.07, 6.45) is 4.95. The fourth-order valence-corrected chi connectivity index (χ4v) is 3.70. The van der Waals surface area contributed by atoms with Gasteiger partial charge in [-0.05, 0) is 55.7 Å². The largest absolute Gasteiger partial charge is 0.377 e. The zero-order valence-corrected chi connectivity index (χ0v) is 12.2. The van der Waals surface area contributed by atoms with Gasteiger partial charge in [0.05, 0.1) is 6.10 Å². The minimum absolute atomic E-state index is 0.0973. The highest BCUT2D eigenvalue weighted by atomic mass is 35.5. The summed E-state index contributed by atoms with van der Waals surface area (Å²) < 4.78 is 6.00. The minimum Gasteiger partial charge on any atom is -0.377 e. The Bertz CT molecular complexity index is 472. The molecule has 2 atom stereocenters. The molecule has 104 valence electrons.